The van der Waals surface area contributed by atoms with Crippen LogP contribution < -0.4 is 5.32 Å². The number of rotatable bonds is 15. The van der Waals surface area contributed by atoms with Crippen molar-refractivity contribution < 1.29 is 19.1 Å². The molecule has 1 aromatic rings. The van der Waals surface area contributed by atoms with Gasteiger partial charge in [0.25, 0.3) is 0 Å². The number of hydrogen-bond acceptors (Lipinski definition) is 7. The van der Waals surface area contributed by atoms with Gasteiger partial charge < -0.3 is 19.6 Å². The summed E-state index contributed by atoms with van der Waals surface area (Å²) in [5.41, 5.74) is -0.796. The van der Waals surface area contributed by atoms with Gasteiger partial charge in [-0.2, -0.15) is 0 Å². The summed E-state index contributed by atoms with van der Waals surface area (Å²) in [4.78, 5) is 26.6. The molecule has 1 amide bonds. The summed E-state index contributed by atoms with van der Waals surface area (Å²) in [6.45, 7) is 9.28. The predicted molar refractivity (Wildman–Crippen MR) is 116 cm³/mol. The maximum Gasteiger partial charge on any atom is 0.220 e. The molecule has 0 aromatic carbocycles. The van der Waals surface area contributed by atoms with Gasteiger partial charge in [-0.15, -0.1) is 0 Å². The number of carbonyl (C=O) groups is 2. The maximum absolute atomic E-state index is 12.0. The molecule has 0 saturated heterocycles. The highest BCUT2D eigenvalue weighted by atomic mass is 33.1. The fourth-order valence-corrected chi connectivity index (χ4v) is 3.98. The molecule has 0 spiro atoms. The monoisotopic (exact) mass is 428 g/mol. The number of nitrogens with one attached hydrogen (secondary N) is 1. The first-order chi connectivity index (χ1) is 13.2. The third-order valence-electron chi connectivity index (χ3n) is 3.83. The van der Waals surface area contributed by atoms with Crippen LogP contribution in [0.4, 0.5) is 0 Å². The van der Waals surface area contributed by atoms with Crippen molar-refractivity contribution >= 4 is 33.8 Å². The van der Waals surface area contributed by atoms with Crippen molar-refractivity contribution in [3.8, 4) is 0 Å². The smallest absolute Gasteiger partial charge is 0.220 e. The van der Waals surface area contributed by atoms with Crippen LogP contribution in [0, 0.1) is 0 Å². The summed E-state index contributed by atoms with van der Waals surface area (Å²) < 4.78 is 11.6. The standard InChI is InChI=1S/C20H32N2O4S2/c1-19(2,25-13-7-12-23)10-14-26-20(3,4)16-22-17(24)9-15-27-28-18-8-5-6-11-21-18/h5-6,8,11-12H,7,9-10,13-16H2,1-4H3,(H,22,24). The van der Waals surface area contributed by atoms with Crippen LogP contribution in [0.5, 0.6) is 0 Å². The second-order valence-corrected chi connectivity index (χ2v) is 9.96. The van der Waals surface area contributed by atoms with Crippen LogP contribution in [0.15, 0.2) is 29.4 Å². The number of aldehydes is 1. The van der Waals surface area contributed by atoms with Crippen molar-refractivity contribution in [1.29, 1.82) is 0 Å². The molecule has 1 aromatic heterocycles. The number of ether oxygens (including phenoxy) is 2. The zero-order valence-electron chi connectivity index (χ0n) is 17.2. The van der Waals surface area contributed by atoms with Gasteiger partial charge in [0.1, 0.15) is 11.3 Å². The van der Waals surface area contributed by atoms with E-state index < -0.39 is 5.60 Å². The number of aromatic nitrogens is 1. The lowest BCUT2D eigenvalue weighted by Gasteiger charge is -2.29. The van der Waals surface area contributed by atoms with E-state index in [0.29, 0.717) is 39.0 Å². The molecule has 6 nitrogen and oxygen atoms in total. The molecule has 1 N–H and O–H groups in total. The Morgan fingerprint density at radius 1 is 1.18 bits per heavy atom. The average Bonchev–Trinajstić information content (AvgIpc) is 2.64. The summed E-state index contributed by atoms with van der Waals surface area (Å²) in [7, 11) is 3.20. The minimum atomic E-state index is -0.454. The number of pyridine rings is 1. The Kier molecular flexibility index (Phi) is 11.8. The van der Waals surface area contributed by atoms with Gasteiger partial charge in [-0.25, -0.2) is 4.98 Å². The van der Waals surface area contributed by atoms with E-state index in [1.807, 2.05) is 45.9 Å². The van der Waals surface area contributed by atoms with Crippen molar-refractivity contribution in [3.05, 3.63) is 24.4 Å². The van der Waals surface area contributed by atoms with Gasteiger partial charge in [-0.1, -0.05) is 16.9 Å². The Morgan fingerprint density at radius 2 is 1.93 bits per heavy atom. The molecule has 0 fully saturated rings. The summed E-state index contributed by atoms with van der Waals surface area (Å²) in [5.74, 6) is 0.740. The number of carbonyl (C=O) groups excluding carboxylic acids is 2. The second kappa shape index (κ2) is 13.2. The third-order valence-corrected chi connectivity index (χ3v) is 6.10. The zero-order valence-corrected chi connectivity index (χ0v) is 18.9. The molecular weight excluding hydrogens is 396 g/mol. The maximum atomic E-state index is 12.0. The molecule has 0 aliphatic heterocycles. The summed E-state index contributed by atoms with van der Waals surface area (Å²) >= 11 is 0. The van der Waals surface area contributed by atoms with E-state index in [1.165, 1.54) is 0 Å². The highest BCUT2D eigenvalue weighted by Crippen LogP contribution is 2.29. The zero-order chi connectivity index (χ0) is 20.9. The van der Waals surface area contributed by atoms with Crippen LogP contribution in [0.1, 0.15) is 47.0 Å². The first-order valence-electron chi connectivity index (χ1n) is 9.43. The van der Waals surface area contributed by atoms with E-state index >= 15 is 0 Å². The molecule has 1 heterocycles. The van der Waals surface area contributed by atoms with Gasteiger partial charge in [0.2, 0.25) is 5.91 Å². The number of hydrogen-bond donors (Lipinski definition) is 1. The summed E-state index contributed by atoms with van der Waals surface area (Å²) in [6.07, 6.45) is 4.19. The van der Waals surface area contributed by atoms with Crippen molar-refractivity contribution in [3.63, 3.8) is 0 Å². The Bertz CT molecular complexity index is 583. The van der Waals surface area contributed by atoms with Gasteiger partial charge in [0.05, 0.1) is 24.4 Å². The van der Waals surface area contributed by atoms with E-state index in [4.69, 9.17) is 9.47 Å². The Balaban J connectivity index is 2.15. The highest BCUT2D eigenvalue weighted by molar-refractivity contribution is 8.76. The molecule has 8 heteroatoms. The van der Waals surface area contributed by atoms with Gasteiger partial charge in [0, 0.05) is 31.3 Å². The first-order valence-corrected chi connectivity index (χ1v) is 11.7. The lowest BCUT2D eigenvalue weighted by molar-refractivity contribution is -0.123. The molecule has 0 unspecified atom stereocenters. The minimum Gasteiger partial charge on any atom is -0.375 e. The largest absolute Gasteiger partial charge is 0.375 e. The van der Waals surface area contributed by atoms with Crippen molar-refractivity contribution in [1.82, 2.24) is 10.3 Å². The normalized spacial score (nSPS) is 12.0. The number of amides is 1. The molecular formula is C20H32N2O4S2. The average molecular weight is 429 g/mol. The molecule has 1 rings (SSSR count). The molecule has 0 bridgehead atoms. The van der Waals surface area contributed by atoms with Crippen molar-refractivity contribution in [2.45, 2.75) is 63.2 Å². The van der Waals surface area contributed by atoms with E-state index in [0.717, 1.165) is 17.1 Å². The van der Waals surface area contributed by atoms with Crippen LogP contribution in [0.3, 0.4) is 0 Å². The highest BCUT2D eigenvalue weighted by Gasteiger charge is 2.23. The molecule has 158 valence electrons. The van der Waals surface area contributed by atoms with Crippen LogP contribution >= 0.6 is 21.6 Å². The van der Waals surface area contributed by atoms with E-state index in [-0.39, 0.29) is 11.5 Å². The lowest BCUT2D eigenvalue weighted by atomic mass is 10.1. The predicted octanol–water partition coefficient (Wildman–Crippen LogP) is 3.90. The Hall–Kier alpha value is -1.09. The molecule has 0 atom stereocenters. The van der Waals surface area contributed by atoms with Crippen LogP contribution in [0.25, 0.3) is 0 Å². The van der Waals surface area contributed by atoms with Crippen LogP contribution in [-0.2, 0) is 19.1 Å². The van der Waals surface area contributed by atoms with Gasteiger partial charge in [-0.05, 0) is 57.0 Å². The SMILES string of the molecule is CC(C)(CCOC(C)(C)CNC(=O)CCSSc1ccccn1)OCCC=O. The van der Waals surface area contributed by atoms with Crippen LogP contribution in [-0.4, -0.2) is 53.9 Å². The van der Waals surface area contributed by atoms with Gasteiger partial charge in [0.15, 0.2) is 0 Å². The molecule has 0 aliphatic carbocycles. The van der Waals surface area contributed by atoms with E-state index in [1.54, 1.807) is 27.8 Å². The fourth-order valence-electron chi connectivity index (χ4n) is 2.11. The topological polar surface area (TPSA) is 77.5 Å². The molecule has 0 saturated carbocycles. The molecule has 0 aliphatic rings. The summed E-state index contributed by atoms with van der Waals surface area (Å²) in [6, 6.07) is 5.78. The fraction of sp³-hybridized carbons (Fsp3) is 0.650. The van der Waals surface area contributed by atoms with E-state index in [2.05, 4.69) is 10.3 Å². The van der Waals surface area contributed by atoms with Crippen molar-refractivity contribution in [2.24, 2.45) is 0 Å². The van der Waals surface area contributed by atoms with Gasteiger partial charge >= 0.3 is 0 Å². The molecule has 0 radical (unpaired) electrons. The quantitative estimate of drug-likeness (QED) is 0.258. The Labute approximate surface area is 176 Å². The summed E-state index contributed by atoms with van der Waals surface area (Å²) in [5, 5.41) is 3.88. The lowest BCUT2D eigenvalue weighted by Crippen LogP contribution is -2.41. The molecule has 28 heavy (non-hydrogen) atoms. The number of nitrogens with zero attached hydrogens (tertiary/aromatic N) is 1. The first kappa shape index (κ1) is 24.9. The van der Waals surface area contributed by atoms with E-state index in [9.17, 15) is 9.59 Å². The van der Waals surface area contributed by atoms with Crippen LogP contribution in [0.2, 0.25) is 0 Å². The second-order valence-electron chi connectivity index (χ2n) is 7.52. The van der Waals surface area contributed by atoms with Gasteiger partial charge in [-0.3, -0.25) is 4.79 Å². The Morgan fingerprint density at radius 3 is 2.61 bits per heavy atom. The van der Waals surface area contributed by atoms with Crippen molar-refractivity contribution in [2.75, 3.05) is 25.5 Å². The third kappa shape index (κ3) is 12.4. The minimum absolute atomic E-state index is 0.0170.